The largest absolute Gasteiger partial charge is 0.494 e. The number of nitrogens with zero attached hydrogens (tertiary/aromatic N) is 4. The van der Waals surface area contributed by atoms with Crippen LogP contribution >= 0.6 is 11.8 Å². The number of aromatic nitrogens is 3. The summed E-state index contributed by atoms with van der Waals surface area (Å²) in [5.74, 6) is -0.229. The van der Waals surface area contributed by atoms with Crippen molar-refractivity contribution in [1.82, 2.24) is 20.1 Å². The van der Waals surface area contributed by atoms with Crippen molar-refractivity contribution in [3.63, 3.8) is 0 Å². The van der Waals surface area contributed by atoms with Gasteiger partial charge in [-0.15, -0.1) is 10.2 Å². The molecule has 0 radical (unpaired) electrons. The van der Waals surface area contributed by atoms with Crippen LogP contribution in [-0.2, 0) is 16.1 Å². The van der Waals surface area contributed by atoms with Crippen molar-refractivity contribution in [1.29, 1.82) is 0 Å². The fraction of sp³-hybridized carbons (Fsp3) is 0.233. The van der Waals surface area contributed by atoms with Gasteiger partial charge in [0.15, 0.2) is 11.0 Å². The lowest BCUT2D eigenvalue weighted by Gasteiger charge is -2.12. The number of esters is 1. The third-order valence-electron chi connectivity index (χ3n) is 6.19. The first-order valence-electron chi connectivity index (χ1n) is 13.6. The van der Waals surface area contributed by atoms with Crippen LogP contribution in [0.4, 0.5) is 11.4 Å². The molecule has 0 atom stereocenters. The number of rotatable bonds is 13. The van der Waals surface area contributed by atoms with Crippen LogP contribution in [0.25, 0.3) is 5.69 Å². The van der Waals surface area contributed by atoms with E-state index in [4.69, 9.17) is 9.47 Å². The number of nitro benzene ring substituents is 1. The molecule has 0 unspecified atom stereocenters. The summed E-state index contributed by atoms with van der Waals surface area (Å²) in [6.45, 7) is 5.93. The summed E-state index contributed by atoms with van der Waals surface area (Å²) in [7, 11) is 0. The molecule has 2 amide bonds. The number of aryl methyl sites for hydroxylation is 1. The van der Waals surface area contributed by atoms with Crippen LogP contribution in [0.15, 0.2) is 71.9 Å². The number of nitro groups is 1. The van der Waals surface area contributed by atoms with Gasteiger partial charge in [0.25, 0.3) is 11.6 Å². The van der Waals surface area contributed by atoms with Gasteiger partial charge in [0.05, 0.1) is 36.0 Å². The van der Waals surface area contributed by atoms with E-state index in [1.807, 2.05) is 6.92 Å². The number of nitrogens with one attached hydrogen (secondary N) is 2. The molecular formula is C30H30N6O7S. The first-order valence-corrected chi connectivity index (χ1v) is 14.6. The first-order chi connectivity index (χ1) is 21.2. The van der Waals surface area contributed by atoms with Gasteiger partial charge in [-0.05, 0) is 75.4 Å². The predicted molar refractivity (Wildman–Crippen MR) is 163 cm³/mol. The normalized spacial score (nSPS) is 10.6. The van der Waals surface area contributed by atoms with Crippen molar-refractivity contribution in [3.8, 4) is 11.4 Å². The highest BCUT2D eigenvalue weighted by atomic mass is 32.2. The summed E-state index contributed by atoms with van der Waals surface area (Å²) < 4.78 is 12.2. The third-order valence-corrected chi connectivity index (χ3v) is 7.12. The molecule has 2 N–H and O–H groups in total. The van der Waals surface area contributed by atoms with Gasteiger partial charge in [-0.2, -0.15) is 0 Å². The molecule has 0 spiro atoms. The standard InChI is InChI=1S/C30H30N6O7S/c1-4-42-24-14-12-23(13-15-24)35-26(17-31-28(38)21-7-6-19(3)25(16-21)36(40)41)33-34-30(35)44-18-27(37)32-22-10-8-20(9-11-22)29(39)43-5-2/h6-16H,4-5,17-18H2,1-3H3,(H,31,38)(H,32,37). The monoisotopic (exact) mass is 618 g/mol. The van der Waals surface area contributed by atoms with E-state index in [0.717, 1.165) is 11.8 Å². The van der Waals surface area contributed by atoms with Crippen LogP contribution in [-0.4, -0.2) is 56.4 Å². The van der Waals surface area contributed by atoms with Gasteiger partial charge in [-0.1, -0.05) is 17.8 Å². The minimum atomic E-state index is -0.535. The quantitative estimate of drug-likeness (QED) is 0.0926. The molecule has 13 nitrogen and oxygen atoms in total. The van der Waals surface area contributed by atoms with Crippen molar-refractivity contribution >= 4 is 40.9 Å². The molecule has 4 aromatic rings. The van der Waals surface area contributed by atoms with E-state index in [0.29, 0.717) is 45.8 Å². The highest BCUT2D eigenvalue weighted by Crippen LogP contribution is 2.25. The summed E-state index contributed by atoms with van der Waals surface area (Å²) in [4.78, 5) is 48.3. The number of hydrogen-bond acceptors (Lipinski definition) is 10. The number of thioether (sulfide) groups is 1. The predicted octanol–water partition coefficient (Wildman–Crippen LogP) is 4.72. The SMILES string of the molecule is CCOC(=O)c1ccc(NC(=O)CSc2nnc(CNC(=O)c3ccc(C)c([N+](=O)[O-])c3)n2-c2ccc(OCC)cc2)cc1. The lowest BCUT2D eigenvalue weighted by atomic mass is 10.1. The fourth-order valence-electron chi connectivity index (χ4n) is 4.07. The number of benzene rings is 3. The van der Waals surface area contributed by atoms with E-state index in [1.165, 1.54) is 18.2 Å². The van der Waals surface area contributed by atoms with Crippen molar-refractivity contribution in [2.45, 2.75) is 32.5 Å². The molecule has 1 heterocycles. The molecule has 14 heteroatoms. The Morgan fingerprint density at radius 2 is 1.66 bits per heavy atom. The van der Waals surface area contributed by atoms with Gasteiger partial charge in [0.2, 0.25) is 5.91 Å². The van der Waals surface area contributed by atoms with Crippen molar-refractivity contribution < 1.29 is 28.8 Å². The van der Waals surface area contributed by atoms with Crippen LogP contribution in [0, 0.1) is 17.0 Å². The van der Waals surface area contributed by atoms with E-state index >= 15 is 0 Å². The highest BCUT2D eigenvalue weighted by Gasteiger charge is 2.19. The molecule has 0 fully saturated rings. The Morgan fingerprint density at radius 1 is 0.955 bits per heavy atom. The summed E-state index contributed by atoms with van der Waals surface area (Å²) >= 11 is 1.14. The van der Waals surface area contributed by atoms with E-state index in [2.05, 4.69) is 20.8 Å². The second kappa shape index (κ2) is 14.8. The van der Waals surface area contributed by atoms with Gasteiger partial charge in [0.1, 0.15) is 5.75 Å². The molecule has 0 aliphatic heterocycles. The number of ether oxygens (including phenoxy) is 2. The van der Waals surface area contributed by atoms with Crippen LogP contribution in [0.5, 0.6) is 5.75 Å². The van der Waals surface area contributed by atoms with Crippen LogP contribution in [0.2, 0.25) is 0 Å². The Bertz CT molecular complexity index is 1660. The van der Waals surface area contributed by atoms with Gasteiger partial charge in [0, 0.05) is 28.6 Å². The Kier molecular flexibility index (Phi) is 10.6. The van der Waals surface area contributed by atoms with Crippen LogP contribution < -0.4 is 15.4 Å². The second-order valence-corrected chi connectivity index (χ2v) is 10.2. The number of amides is 2. The molecule has 3 aromatic carbocycles. The lowest BCUT2D eigenvalue weighted by molar-refractivity contribution is -0.385. The molecular weight excluding hydrogens is 588 g/mol. The maximum atomic E-state index is 12.9. The van der Waals surface area contributed by atoms with Crippen molar-refractivity contribution in [3.05, 3.63) is 99.4 Å². The molecule has 4 rings (SSSR count). The molecule has 1 aromatic heterocycles. The summed E-state index contributed by atoms with van der Waals surface area (Å²) in [6, 6.07) is 17.8. The Labute approximate surface area is 257 Å². The molecule has 44 heavy (non-hydrogen) atoms. The summed E-state index contributed by atoms with van der Waals surface area (Å²) in [5, 5.41) is 25.7. The molecule has 0 saturated carbocycles. The minimum absolute atomic E-state index is 0.00577. The topological polar surface area (TPSA) is 168 Å². The zero-order chi connectivity index (χ0) is 31.6. The average molecular weight is 619 g/mol. The average Bonchev–Trinajstić information content (AvgIpc) is 3.42. The Hall–Kier alpha value is -5.24. The van der Waals surface area contributed by atoms with Crippen LogP contribution in [0.3, 0.4) is 0 Å². The second-order valence-electron chi connectivity index (χ2n) is 9.24. The van der Waals surface area contributed by atoms with E-state index in [1.54, 1.807) is 66.9 Å². The fourth-order valence-corrected chi connectivity index (χ4v) is 4.84. The number of hydrogen-bond donors (Lipinski definition) is 2. The smallest absolute Gasteiger partial charge is 0.338 e. The first kappa shape index (κ1) is 31.7. The number of carbonyl (C=O) groups excluding carboxylic acids is 3. The van der Waals surface area contributed by atoms with Gasteiger partial charge < -0.3 is 20.1 Å². The lowest BCUT2D eigenvalue weighted by Crippen LogP contribution is -2.25. The molecule has 0 saturated heterocycles. The van der Waals surface area contributed by atoms with Gasteiger partial charge >= 0.3 is 5.97 Å². The summed E-state index contributed by atoms with van der Waals surface area (Å²) in [6.07, 6.45) is 0. The van der Waals surface area contributed by atoms with Crippen molar-refractivity contribution in [2.24, 2.45) is 0 Å². The summed E-state index contributed by atoms with van der Waals surface area (Å²) in [5.41, 5.74) is 1.99. The maximum absolute atomic E-state index is 12.9. The van der Waals surface area contributed by atoms with Gasteiger partial charge in [-0.25, -0.2) is 4.79 Å². The third kappa shape index (κ3) is 7.98. The zero-order valence-corrected chi connectivity index (χ0v) is 25.1. The van der Waals surface area contributed by atoms with E-state index in [-0.39, 0.29) is 36.1 Å². The molecule has 0 aliphatic carbocycles. The minimum Gasteiger partial charge on any atom is -0.494 e. The number of anilines is 1. The van der Waals surface area contributed by atoms with E-state index < -0.39 is 16.8 Å². The van der Waals surface area contributed by atoms with E-state index in [9.17, 15) is 24.5 Å². The van der Waals surface area contributed by atoms with Gasteiger partial charge in [-0.3, -0.25) is 24.3 Å². The maximum Gasteiger partial charge on any atom is 0.338 e. The zero-order valence-electron chi connectivity index (χ0n) is 24.2. The highest BCUT2D eigenvalue weighted by molar-refractivity contribution is 7.99. The molecule has 0 bridgehead atoms. The number of carbonyl (C=O) groups is 3. The molecule has 228 valence electrons. The molecule has 0 aliphatic rings. The van der Waals surface area contributed by atoms with Crippen molar-refractivity contribution in [2.75, 3.05) is 24.3 Å². The Morgan fingerprint density at radius 3 is 2.32 bits per heavy atom. The van der Waals surface area contributed by atoms with Crippen LogP contribution in [0.1, 0.15) is 46.0 Å². The Balaban J connectivity index is 1.49.